The molecule has 0 aromatic heterocycles. The van der Waals surface area contributed by atoms with Gasteiger partial charge >= 0.3 is 0 Å². The van der Waals surface area contributed by atoms with Crippen LogP contribution in [0.25, 0.3) is 0 Å². The first-order chi connectivity index (χ1) is 7.41. The minimum Gasteiger partial charge on any atom is -0.347 e. The van der Waals surface area contributed by atoms with Crippen molar-refractivity contribution < 1.29 is 14.3 Å². The average Bonchev–Trinajstić information content (AvgIpc) is 2.41. The van der Waals surface area contributed by atoms with Crippen molar-refractivity contribution >= 4 is 40.6 Å². The highest BCUT2D eigenvalue weighted by Gasteiger charge is 2.64. The fraction of sp³-hybridized carbons (Fsp3) is 0.400. The molecule has 1 unspecified atom stereocenters. The molecule has 0 radical (unpaired) electrons. The first kappa shape index (κ1) is 13.8. The van der Waals surface area contributed by atoms with Crippen LogP contribution in [-0.4, -0.2) is 30.7 Å². The van der Waals surface area contributed by atoms with Gasteiger partial charge in [-0.15, -0.1) is 5.73 Å². The first-order valence-electron chi connectivity index (χ1n) is 4.18. The average molecular weight is 284 g/mol. The Kier molecular flexibility index (Phi) is 3.91. The zero-order valence-electron chi connectivity index (χ0n) is 8.64. The SMILES string of the molecule is C=C=CC1(Cl)C(=O)C(Cl)=C(Cl)C1(OC)OC. The predicted molar refractivity (Wildman–Crippen MR) is 62.8 cm³/mol. The van der Waals surface area contributed by atoms with Crippen LogP contribution >= 0.6 is 34.8 Å². The summed E-state index contributed by atoms with van der Waals surface area (Å²) in [5.74, 6) is -2.25. The van der Waals surface area contributed by atoms with Gasteiger partial charge in [-0.05, 0) is 6.08 Å². The van der Waals surface area contributed by atoms with E-state index < -0.39 is 16.4 Å². The lowest BCUT2D eigenvalue weighted by molar-refractivity contribution is -0.184. The van der Waals surface area contributed by atoms with Gasteiger partial charge in [-0.25, -0.2) is 0 Å². The zero-order chi connectivity index (χ0) is 12.6. The fourth-order valence-corrected chi connectivity index (χ4v) is 2.75. The van der Waals surface area contributed by atoms with Crippen LogP contribution in [0.4, 0.5) is 0 Å². The second-order valence-corrected chi connectivity index (χ2v) is 4.39. The summed E-state index contributed by atoms with van der Waals surface area (Å²) in [6.45, 7) is 3.36. The number of alkyl halides is 1. The Morgan fingerprint density at radius 2 is 1.88 bits per heavy atom. The van der Waals surface area contributed by atoms with Gasteiger partial charge in [0.05, 0.1) is 0 Å². The van der Waals surface area contributed by atoms with Crippen molar-refractivity contribution in [1.82, 2.24) is 0 Å². The summed E-state index contributed by atoms with van der Waals surface area (Å²) in [5, 5.41) is -0.308. The summed E-state index contributed by atoms with van der Waals surface area (Å²) in [6.07, 6.45) is 1.21. The van der Waals surface area contributed by atoms with Gasteiger partial charge in [-0.2, -0.15) is 0 Å². The van der Waals surface area contributed by atoms with Crippen molar-refractivity contribution in [1.29, 1.82) is 0 Å². The van der Waals surface area contributed by atoms with E-state index in [2.05, 4.69) is 12.3 Å². The lowest BCUT2D eigenvalue weighted by Crippen LogP contribution is -2.52. The summed E-state index contributed by atoms with van der Waals surface area (Å²) >= 11 is 17.9. The molecule has 0 aromatic rings. The third-order valence-electron chi connectivity index (χ3n) is 2.37. The molecule has 3 nitrogen and oxygen atoms in total. The summed E-state index contributed by atoms with van der Waals surface area (Å²) in [6, 6.07) is 0. The molecule has 0 aromatic carbocycles. The highest BCUT2D eigenvalue weighted by atomic mass is 35.5. The van der Waals surface area contributed by atoms with Crippen LogP contribution in [-0.2, 0) is 14.3 Å². The van der Waals surface area contributed by atoms with Crippen LogP contribution in [0.3, 0.4) is 0 Å². The smallest absolute Gasteiger partial charge is 0.238 e. The molecular weight excluding hydrogens is 274 g/mol. The Morgan fingerprint density at radius 3 is 2.25 bits per heavy atom. The maximum atomic E-state index is 11.9. The molecule has 0 bridgehead atoms. The zero-order valence-corrected chi connectivity index (χ0v) is 10.9. The quantitative estimate of drug-likeness (QED) is 0.454. The van der Waals surface area contributed by atoms with Crippen molar-refractivity contribution in [3.8, 4) is 0 Å². The van der Waals surface area contributed by atoms with E-state index >= 15 is 0 Å². The van der Waals surface area contributed by atoms with E-state index in [1.165, 1.54) is 20.3 Å². The third kappa shape index (κ3) is 1.48. The monoisotopic (exact) mass is 282 g/mol. The van der Waals surface area contributed by atoms with Crippen molar-refractivity contribution in [3.63, 3.8) is 0 Å². The van der Waals surface area contributed by atoms with E-state index in [1.54, 1.807) is 0 Å². The molecule has 1 aliphatic carbocycles. The molecule has 0 N–H and O–H groups in total. The number of ether oxygens (including phenoxy) is 2. The van der Waals surface area contributed by atoms with Crippen LogP contribution in [0.15, 0.2) is 28.5 Å². The van der Waals surface area contributed by atoms with Gasteiger partial charge in [0.2, 0.25) is 11.6 Å². The highest BCUT2D eigenvalue weighted by molar-refractivity contribution is 6.58. The van der Waals surface area contributed by atoms with Gasteiger partial charge < -0.3 is 9.47 Å². The van der Waals surface area contributed by atoms with Gasteiger partial charge in [0.1, 0.15) is 10.1 Å². The molecule has 0 amide bonds. The Balaban J connectivity index is 3.53. The maximum absolute atomic E-state index is 11.9. The van der Waals surface area contributed by atoms with Crippen LogP contribution in [0, 0.1) is 0 Å². The molecular formula is C10H9Cl3O3. The van der Waals surface area contributed by atoms with E-state index in [-0.39, 0.29) is 10.1 Å². The number of hydrogen-bond acceptors (Lipinski definition) is 3. The van der Waals surface area contributed by atoms with Gasteiger partial charge in [0.15, 0.2) is 4.87 Å². The fourth-order valence-electron chi connectivity index (χ4n) is 1.57. The molecule has 0 saturated heterocycles. The minimum absolute atomic E-state index is 0.0920. The molecule has 1 atom stereocenters. The number of methoxy groups -OCH3 is 2. The largest absolute Gasteiger partial charge is 0.347 e. The summed E-state index contributed by atoms with van der Waals surface area (Å²) in [7, 11) is 2.62. The van der Waals surface area contributed by atoms with Crippen LogP contribution in [0.2, 0.25) is 0 Å². The van der Waals surface area contributed by atoms with Crippen molar-refractivity contribution in [3.05, 3.63) is 28.5 Å². The van der Waals surface area contributed by atoms with Crippen LogP contribution in [0.5, 0.6) is 0 Å². The standard InChI is InChI=1S/C10H9Cl3O3/c1-4-5-9(13)8(14)6(11)7(12)10(9,15-2)16-3/h5H,1H2,2-3H3. The van der Waals surface area contributed by atoms with E-state index in [0.717, 1.165) is 0 Å². The molecule has 1 aliphatic rings. The third-order valence-corrected chi connectivity index (χ3v) is 3.79. The summed E-state index contributed by atoms with van der Waals surface area (Å²) < 4.78 is 10.2. The molecule has 1 rings (SSSR count). The number of carbonyl (C=O) groups is 1. The number of allylic oxidation sites excluding steroid dienone is 1. The number of carbonyl (C=O) groups excluding carboxylic acids is 1. The molecule has 0 spiro atoms. The number of hydrogen-bond donors (Lipinski definition) is 0. The summed E-state index contributed by atoms with van der Waals surface area (Å²) in [5.41, 5.74) is 2.41. The predicted octanol–water partition coefficient (Wildman–Crippen LogP) is 2.57. The Morgan fingerprint density at radius 1 is 1.38 bits per heavy atom. The Bertz CT molecular complexity index is 406. The molecule has 0 aliphatic heterocycles. The molecule has 88 valence electrons. The van der Waals surface area contributed by atoms with E-state index in [4.69, 9.17) is 44.3 Å². The summed E-state index contributed by atoms with van der Waals surface area (Å²) in [4.78, 5) is 10.2. The first-order valence-corrected chi connectivity index (χ1v) is 5.31. The van der Waals surface area contributed by atoms with Crippen LogP contribution in [0.1, 0.15) is 0 Å². The topological polar surface area (TPSA) is 35.5 Å². The van der Waals surface area contributed by atoms with E-state index in [0.29, 0.717) is 0 Å². The molecule has 0 heterocycles. The Hall–Kier alpha value is -0.280. The maximum Gasteiger partial charge on any atom is 0.238 e. The molecule has 0 saturated carbocycles. The number of Topliss-reactive ketones (excluding diaryl/α,β-unsaturated/α-hetero) is 1. The normalized spacial score (nSPS) is 28.2. The highest BCUT2D eigenvalue weighted by Crippen LogP contribution is 2.51. The van der Waals surface area contributed by atoms with Crippen molar-refractivity contribution in [2.45, 2.75) is 10.7 Å². The van der Waals surface area contributed by atoms with Crippen LogP contribution < -0.4 is 0 Å². The van der Waals surface area contributed by atoms with Gasteiger partial charge in [0, 0.05) is 14.2 Å². The molecule has 0 fully saturated rings. The lowest BCUT2D eigenvalue weighted by Gasteiger charge is -2.35. The van der Waals surface area contributed by atoms with Crippen molar-refractivity contribution in [2.75, 3.05) is 14.2 Å². The van der Waals surface area contributed by atoms with Gasteiger partial charge in [-0.3, -0.25) is 4.79 Å². The number of halogens is 3. The number of rotatable bonds is 3. The molecule has 6 heteroatoms. The van der Waals surface area contributed by atoms with Crippen molar-refractivity contribution in [2.24, 2.45) is 0 Å². The van der Waals surface area contributed by atoms with E-state index in [9.17, 15) is 4.79 Å². The van der Waals surface area contributed by atoms with E-state index in [1.807, 2.05) is 0 Å². The second-order valence-electron chi connectivity index (χ2n) is 3.04. The van der Waals surface area contributed by atoms with Gasteiger partial charge in [0.25, 0.3) is 0 Å². The second kappa shape index (κ2) is 4.53. The lowest BCUT2D eigenvalue weighted by atomic mass is 9.99. The van der Waals surface area contributed by atoms with Gasteiger partial charge in [-0.1, -0.05) is 41.4 Å². The Labute approximate surface area is 108 Å². The number of ketones is 1. The minimum atomic E-state index is -1.69. The molecule has 16 heavy (non-hydrogen) atoms.